The number of rotatable bonds is 0. The molecule has 0 fully saturated rings. The number of allylic oxidation sites excluding steroid dienone is 1. The molecule has 0 spiro atoms. The van der Waals surface area contributed by atoms with Gasteiger partial charge in [-0.25, -0.2) is 0 Å². The largest absolute Gasteiger partial charge is 0.0795 e. The topological polar surface area (TPSA) is 0 Å². The monoisotopic (exact) mass is 160 g/mol. The third kappa shape index (κ3) is 1.76. The zero-order valence-electron chi connectivity index (χ0n) is 8.09. The molecule has 0 aromatic heterocycles. The molecule has 0 nitrogen and oxygen atoms in total. The molecule has 0 amide bonds. The molecule has 0 heterocycles. The van der Waals surface area contributed by atoms with Crippen molar-refractivity contribution in [3.05, 3.63) is 41.0 Å². The molecule has 0 aliphatic heterocycles. The first-order chi connectivity index (χ1) is 5.86. The molecule has 0 bridgehead atoms. The van der Waals surface area contributed by atoms with E-state index in [0.29, 0.717) is 0 Å². The summed E-state index contributed by atoms with van der Waals surface area (Å²) in [6.07, 6.45) is 5.52. The molecule has 1 aromatic rings. The number of hydrogen-bond donors (Lipinski definition) is 0. The van der Waals surface area contributed by atoms with Gasteiger partial charge in [0.05, 0.1) is 0 Å². The highest BCUT2D eigenvalue weighted by molar-refractivity contribution is 5.60. The molecule has 1 aromatic carbocycles. The Morgan fingerprint density at radius 2 is 1.92 bits per heavy atom. The molecular weight excluding hydrogens is 144 g/mol. The minimum atomic E-state index is 1.12. The van der Waals surface area contributed by atoms with Gasteiger partial charge in [0, 0.05) is 0 Å². The maximum Gasteiger partial charge on any atom is -0.00881 e. The van der Waals surface area contributed by atoms with Crippen LogP contribution in [0.1, 0.15) is 30.5 Å². The molecular formula is C12H16. The van der Waals surface area contributed by atoms with E-state index in [-0.39, 0.29) is 0 Å². The molecule has 0 N–H and O–H groups in total. The smallest absolute Gasteiger partial charge is 0.00881 e. The fourth-order valence-electron chi connectivity index (χ4n) is 1.39. The van der Waals surface area contributed by atoms with Crippen LogP contribution in [0, 0.1) is 6.92 Å². The average Bonchev–Trinajstić information content (AvgIpc) is 2.54. The van der Waals surface area contributed by atoms with Crippen LogP contribution in [-0.2, 0) is 6.42 Å². The van der Waals surface area contributed by atoms with Gasteiger partial charge in [-0.3, -0.25) is 0 Å². The van der Waals surface area contributed by atoms with Crippen molar-refractivity contribution in [3.8, 4) is 0 Å². The summed E-state index contributed by atoms with van der Waals surface area (Å²) in [5.74, 6) is 0. The summed E-state index contributed by atoms with van der Waals surface area (Å²) in [5, 5.41) is 0. The summed E-state index contributed by atoms with van der Waals surface area (Å²) in [4.78, 5) is 0. The Morgan fingerprint density at radius 3 is 2.67 bits per heavy atom. The van der Waals surface area contributed by atoms with Crippen molar-refractivity contribution in [1.29, 1.82) is 0 Å². The van der Waals surface area contributed by atoms with E-state index in [1.807, 2.05) is 13.8 Å². The van der Waals surface area contributed by atoms with Gasteiger partial charge < -0.3 is 0 Å². The second-order valence-electron chi connectivity index (χ2n) is 2.81. The molecule has 0 unspecified atom stereocenters. The maximum absolute atomic E-state index is 2.26. The van der Waals surface area contributed by atoms with Crippen LogP contribution in [0.2, 0.25) is 0 Å². The fraction of sp³-hybridized carbons (Fsp3) is 0.333. The molecule has 0 saturated heterocycles. The molecule has 0 atom stereocenters. The van der Waals surface area contributed by atoms with Gasteiger partial charge in [0.25, 0.3) is 0 Å². The molecule has 1 aliphatic rings. The molecule has 2 rings (SSSR count). The van der Waals surface area contributed by atoms with E-state index < -0.39 is 0 Å². The second-order valence-corrected chi connectivity index (χ2v) is 2.81. The Labute approximate surface area is 74.9 Å². The van der Waals surface area contributed by atoms with Crippen molar-refractivity contribution in [2.75, 3.05) is 0 Å². The zero-order chi connectivity index (χ0) is 8.97. The molecule has 12 heavy (non-hydrogen) atoms. The molecule has 0 radical (unpaired) electrons. The van der Waals surface area contributed by atoms with E-state index in [9.17, 15) is 0 Å². The van der Waals surface area contributed by atoms with Crippen LogP contribution in [0.3, 0.4) is 0 Å². The minimum Gasteiger partial charge on any atom is -0.0795 e. The highest BCUT2D eigenvalue weighted by Crippen LogP contribution is 2.19. The molecule has 64 valence electrons. The lowest BCUT2D eigenvalue weighted by Crippen LogP contribution is -1.81. The lowest BCUT2D eigenvalue weighted by atomic mass is 10.1. The first-order valence-electron chi connectivity index (χ1n) is 4.62. The van der Waals surface area contributed by atoms with Gasteiger partial charge in [-0.1, -0.05) is 49.8 Å². The van der Waals surface area contributed by atoms with Gasteiger partial charge in [-0.15, -0.1) is 0 Å². The van der Waals surface area contributed by atoms with E-state index >= 15 is 0 Å². The lowest BCUT2D eigenvalue weighted by Gasteiger charge is -1.98. The summed E-state index contributed by atoms with van der Waals surface area (Å²) in [6.45, 7) is 6.14. The lowest BCUT2D eigenvalue weighted by molar-refractivity contribution is 1.28. The van der Waals surface area contributed by atoms with Crippen LogP contribution < -0.4 is 0 Å². The summed E-state index contributed by atoms with van der Waals surface area (Å²) in [6, 6.07) is 6.61. The van der Waals surface area contributed by atoms with Crippen molar-refractivity contribution in [2.45, 2.75) is 27.2 Å². The van der Waals surface area contributed by atoms with Crippen molar-refractivity contribution >= 4 is 6.08 Å². The van der Waals surface area contributed by atoms with E-state index in [1.165, 1.54) is 16.7 Å². The number of benzene rings is 1. The van der Waals surface area contributed by atoms with E-state index in [0.717, 1.165) is 6.42 Å². The van der Waals surface area contributed by atoms with Crippen molar-refractivity contribution in [3.63, 3.8) is 0 Å². The Bertz CT molecular complexity index is 282. The fourth-order valence-corrected chi connectivity index (χ4v) is 1.39. The first kappa shape index (κ1) is 9.05. The maximum atomic E-state index is 2.26. The van der Waals surface area contributed by atoms with Gasteiger partial charge in [0.15, 0.2) is 0 Å². The normalized spacial score (nSPS) is 11.9. The standard InChI is InChI=1S/C10H10.C2H6/c1-8-5-6-9-3-2-4-10(9)7-8;1-2/h2-3,5-7H,4H2,1H3;1-2H3. The highest BCUT2D eigenvalue weighted by Gasteiger charge is 2.02. The molecule has 0 saturated carbocycles. The number of aryl methyl sites for hydroxylation is 1. The Morgan fingerprint density at radius 1 is 1.17 bits per heavy atom. The third-order valence-electron chi connectivity index (χ3n) is 1.93. The average molecular weight is 160 g/mol. The Balaban J connectivity index is 0.000000336. The van der Waals surface area contributed by atoms with Gasteiger partial charge in [0.1, 0.15) is 0 Å². The van der Waals surface area contributed by atoms with Gasteiger partial charge >= 0.3 is 0 Å². The number of hydrogen-bond acceptors (Lipinski definition) is 0. The van der Waals surface area contributed by atoms with E-state index in [4.69, 9.17) is 0 Å². The van der Waals surface area contributed by atoms with Crippen LogP contribution in [0.15, 0.2) is 24.3 Å². The van der Waals surface area contributed by atoms with Gasteiger partial charge in [0.2, 0.25) is 0 Å². The SMILES string of the molecule is CC.Cc1ccc2c(c1)CC=C2. The third-order valence-corrected chi connectivity index (χ3v) is 1.93. The van der Waals surface area contributed by atoms with Crippen molar-refractivity contribution in [2.24, 2.45) is 0 Å². The summed E-state index contributed by atoms with van der Waals surface area (Å²) in [7, 11) is 0. The van der Waals surface area contributed by atoms with Crippen LogP contribution in [0.5, 0.6) is 0 Å². The quantitative estimate of drug-likeness (QED) is 0.544. The molecule has 1 aliphatic carbocycles. The van der Waals surface area contributed by atoms with Crippen LogP contribution in [0.25, 0.3) is 6.08 Å². The molecule has 0 heteroatoms. The zero-order valence-corrected chi connectivity index (χ0v) is 8.09. The summed E-state index contributed by atoms with van der Waals surface area (Å²) >= 11 is 0. The van der Waals surface area contributed by atoms with Gasteiger partial charge in [-0.05, 0) is 24.5 Å². The van der Waals surface area contributed by atoms with Crippen molar-refractivity contribution in [1.82, 2.24) is 0 Å². The highest BCUT2D eigenvalue weighted by atomic mass is 14.1. The summed E-state index contributed by atoms with van der Waals surface area (Å²) < 4.78 is 0. The van der Waals surface area contributed by atoms with E-state index in [1.54, 1.807) is 0 Å². The van der Waals surface area contributed by atoms with E-state index in [2.05, 4.69) is 37.3 Å². The van der Waals surface area contributed by atoms with Gasteiger partial charge in [-0.2, -0.15) is 0 Å². The Kier molecular flexibility index (Phi) is 3.09. The van der Waals surface area contributed by atoms with Crippen molar-refractivity contribution < 1.29 is 0 Å². The minimum absolute atomic E-state index is 1.12. The predicted octanol–water partition coefficient (Wildman–Crippen LogP) is 3.59. The van der Waals surface area contributed by atoms with Crippen LogP contribution >= 0.6 is 0 Å². The van der Waals surface area contributed by atoms with Crippen LogP contribution in [0.4, 0.5) is 0 Å². The van der Waals surface area contributed by atoms with Crippen LogP contribution in [-0.4, -0.2) is 0 Å². The second kappa shape index (κ2) is 4.10. The Hall–Kier alpha value is -1.04. The number of fused-ring (bicyclic) bond motifs is 1. The first-order valence-corrected chi connectivity index (χ1v) is 4.62. The summed E-state index contributed by atoms with van der Waals surface area (Å²) in [5.41, 5.74) is 4.23. The predicted molar refractivity (Wildman–Crippen MR) is 55.3 cm³/mol.